The van der Waals surface area contributed by atoms with Crippen molar-refractivity contribution in [2.24, 2.45) is 35.5 Å². The van der Waals surface area contributed by atoms with Gasteiger partial charge in [-0.1, -0.05) is 37.3 Å². The molecule has 0 aromatic carbocycles. The zero-order chi connectivity index (χ0) is 40.2. The van der Waals surface area contributed by atoms with Gasteiger partial charge in [0.2, 0.25) is 23.6 Å². The lowest BCUT2D eigenvalue weighted by molar-refractivity contribution is -0.151. The first-order valence-corrected chi connectivity index (χ1v) is 24.2. The molecule has 8 rings (SSSR count). The van der Waals surface area contributed by atoms with Crippen molar-refractivity contribution >= 4 is 23.6 Å². The van der Waals surface area contributed by atoms with Gasteiger partial charge in [-0.05, 0) is 146 Å². The predicted octanol–water partition coefficient (Wildman–Crippen LogP) is 5.69. The molecule has 8 fully saturated rings. The fourth-order valence-corrected chi connectivity index (χ4v) is 13.1. The maximum absolute atomic E-state index is 13.5. The topological polar surface area (TPSA) is 123 Å². The fourth-order valence-electron chi connectivity index (χ4n) is 13.1. The van der Waals surface area contributed by atoms with Gasteiger partial charge in [0.05, 0.1) is 30.7 Å². The van der Waals surface area contributed by atoms with Gasteiger partial charge in [0.25, 0.3) is 0 Å². The maximum Gasteiger partial charge on any atom is 0.249 e. The number of carbonyl (C=O) groups excluding carboxylic acids is 4. The van der Waals surface area contributed by atoms with Crippen LogP contribution in [0.3, 0.4) is 0 Å². The second-order valence-corrected chi connectivity index (χ2v) is 19.8. The second kappa shape index (κ2) is 19.7. The van der Waals surface area contributed by atoms with E-state index < -0.39 is 11.9 Å². The van der Waals surface area contributed by atoms with Crippen LogP contribution in [0.2, 0.25) is 0 Å². The average molecular weight is 806 g/mol. The monoisotopic (exact) mass is 806 g/mol. The summed E-state index contributed by atoms with van der Waals surface area (Å²) >= 11 is 0. The van der Waals surface area contributed by atoms with E-state index in [4.69, 9.17) is 4.74 Å². The molecule has 0 aromatic heterocycles. The summed E-state index contributed by atoms with van der Waals surface area (Å²) in [6, 6.07) is -0.526. The molecule has 0 spiro atoms. The van der Waals surface area contributed by atoms with Gasteiger partial charge in [-0.3, -0.25) is 34.3 Å². The molecular formula is C47H75N5O6. The number of carbonyl (C=O) groups is 4. The van der Waals surface area contributed by atoms with E-state index in [0.29, 0.717) is 36.8 Å². The van der Waals surface area contributed by atoms with Crippen molar-refractivity contribution in [3.05, 3.63) is 11.1 Å². The molecule has 0 bridgehead atoms. The number of nitrogens with zero attached hydrogens (tertiary/aromatic N) is 4. The van der Waals surface area contributed by atoms with Gasteiger partial charge in [0.15, 0.2) is 0 Å². The summed E-state index contributed by atoms with van der Waals surface area (Å²) in [6.45, 7) is 12.1. The summed E-state index contributed by atoms with van der Waals surface area (Å²) in [5.41, 5.74) is 3.69. The van der Waals surface area contributed by atoms with Gasteiger partial charge in [-0.2, -0.15) is 0 Å². The van der Waals surface area contributed by atoms with Crippen LogP contribution in [-0.4, -0.2) is 132 Å². The van der Waals surface area contributed by atoms with Gasteiger partial charge < -0.3 is 19.6 Å². The maximum atomic E-state index is 13.5. The van der Waals surface area contributed by atoms with Gasteiger partial charge >= 0.3 is 0 Å². The molecular weight excluding hydrogens is 731 g/mol. The summed E-state index contributed by atoms with van der Waals surface area (Å²) in [5, 5.41) is 12.6. The first kappa shape index (κ1) is 42.5. The molecule has 4 unspecified atom stereocenters. The van der Waals surface area contributed by atoms with E-state index >= 15 is 0 Å². The number of aliphatic hydroxyl groups excluding tert-OH is 1. The molecule has 11 heteroatoms. The van der Waals surface area contributed by atoms with Crippen molar-refractivity contribution in [1.29, 1.82) is 0 Å². The second-order valence-electron chi connectivity index (χ2n) is 19.8. The highest BCUT2D eigenvalue weighted by molar-refractivity contribution is 6.10. The number of piperazine rings is 1. The molecule has 4 atom stereocenters. The standard InChI is InChI=1S/C47H75N5O6/c1-2-39(33-6-4-3-5-7-33)44(34-8-13-37(53)14-9-34)35-10-15-38(16-11-35)58-29-28-49-24-26-50(27-25-49)31-32-20-22-51(23-21-32)36-12-17-40-41(30-36)47(57)52(46(40)56)42-18-19-43(54)48-45(42)55/h32-38,40-42,53H,2-31H2,1H3,(H,48,54,55)/b44-39-. The molecule has 0 radical (unpaired) electrons. The zero-order valence-corrected chi connectivity index (χ0v) is 35.8. The van der Waals surface area contributed by atoms with Crippen molar-refractivity contribution < 1.29 is 29.0 Å². The molecule has 4 amide bonds. The Kier molecular flexibility index (Phi) is 14.4. The Morgan fingerprint density at radius 2 is 1.34 bits per heavy atom. The van der Waals surface area contributed by atoms with Crippen molar-refractivity contribution in [2.45, 2.75) is 166 Å². The highest BCUT2D eigenvalue weighted by atomic mass is 16.5. The summed E-state index contributed by atoms with van der Waals surface area (Å²) in [7, 11) is 0. The van der Waals surface area contributed by atoms with Gasteiger partial charge in [-0.15, -0.1) is 0 Å². The first-order valence-electron chi connectivity index (χ1n) is 24.2. The van der Waals surface area contributed by atoms with Crippen LogP contribution < -0.4 is 5.32 Å². The van der Waals surface area contributed by atoms with E-state index in [9.17, 15) is 24.3 Å². The minimum Gasteiger partial charge on any atom is -0.393 e. The van der Waals surface area contributed by atoms with E-state index in [2.05, 4.69) is 26.9 Å². The Morgan fingerprint density at radius 1 is 0.690 bits per heavy atom. The summed E-state index contributed by atoms with van der Waals surface area (Å²) in [6.07, 6.45) is 22.9. The lowest BCUT2D eigenvalue weighted by Crippen LogP contribution is -2.54. The molecule has 324 valence electrons. The third-order valence-electron chi connectivity index (χ3n) is 16.5. The minimum atomic E-state index is -0.840. The number of ether oxygens (including phenoxy) is 1. The van der Waals surface area contributed by atoms with Crippen LogP contribution in [-0.2, 0) is 23.9 Å². The molecule has 58 heavy (non-hydrogen) atoms. The predicted molar refractivity (Wildman–Crippen MR) is 223 cm³/mol. The van der Waals surface area contributed by atoms with Crippen LogP contribution in [0.1, 0.15) is 142 Å². The summed E-state index contributed by atoms with van der Waals surface area (Å²) in [5.74, 6) is 1.02. The fraction of sp³-hybridized carbons (Fsp3) is 0.872. The number of fused-ring (bicyclic) bond motifs is 1. The Balaban J connectivity index is 0.722. The number of allylic oxidation sites excluding steroid dienone is 2. The molecule has 2 N–H and O–H groups in total. The van der Waals surface area contributed by atoms with E-state index in [0.717, 1.165) is 83.5 Å². The smallest absolute Gasteiger partial charge is 0.249 e. The molecule has 0 aromatic rings. The van der Waals surface area contributed by atoms with Crippen LogP contribution in [0.25, 0.3) is 0 Å². The number of likely N-dealkylation sites (tertiary alicyclic amines) is 2. The highest BCUT2D eigenvalue weighted by Gasteiger charge is 2.54. The van der Waals surface area contributed by atoms with E-state index in [-0.39, 0.29) is 48.5 Å². The number of nitrogens with one attached hydrogen (secondary N) is 1. The zero-order valence-electron chi connectivity index (χ0n) is 35.8. The highest BCUT2D eigenvalue weighted by Crippen LogP contribution is 2.46. The van der Waals surface area contributed by atoms with Crippen LogP contribution in [0.4, 0.5) is 0 Å². The van der Waals surface area contributed by atoms with Crippen molar-refractivity contribution in [3.8, 4) is 0 Å². The number of hydrogen-bond acceptors (Lipinski definition) is 9. The van der Waals surface area contributed by atoms with Crippen molar-refractivity contribution in [2.75, 3.05) is 59.0 Å². The van der Waals surface area contributed by atoms with Gasteiger partial charge in [0.1, 0.15) is 6.04 Å². The summed E-state index contributed by atoms with van der Waals surface area (Å²) < 4.78 is 6.59. The number of piperidine rings is 2. The van der Waals surface area contributed by atoms with Crippen LogP contribution in [0.5, 0.6) is 0 Å². The van der Waals surface area contributed by atoms with Crippen molar-refractivity contribution in [3.63, 3.8) is 0 Å². The first-order chi connectivity index (χ1) is 28.2. The van der Waals surface area contributed by atoms with Gasteiger partial charge in [-0.25, -0.2) is 0 Å². The third kappa shape index (κ3) is 9.79. The SMILES string of the molecule is CC/C(=C(\C1CCC(O)CC1)C1CCC(OCCN2CCN(CC3CCN(C4CCC5C(=O)N(C6CCC(=O)NC6=O)C(=O)C5C4)CC3)CC2)CC1)C1CCCCC1. The number of hydrogen-bond donors (Lipinski definition) is 2. The Hall–Kier alpha value is -2.18. The van der Waals surface area contributed by atoms with E-state index in [1.54, 1.807) is 0 Å². The summed E-state index contributed by atoms with van der Waals surface area (Å²) in [4.78, 5) is 60.0. The largest absolute Gasteiger partial charge is 0.393 e. The van der Waals surface area contributed by atoms with Crippen molar-refractivity contribution in [1.82, 2.24) is 24.9 Å². The molecule has 4 aliphatic carbocycles. The van der Waals surface area contributed by atoms with Crippen LogP contribution in [0, 0.1) is 35.5 Å². The van der Waals surface area contributed by atoms with E-state index in [1.165, 1.54) is 101 Å². The number of amides is 4. The third-order valence-corrected chi connectivity index (χ3v) is 16.5. The molecule has 4 saturated heterocycles. The Bertz CT molecular complexity index is 1470. The number of rotatable bonds is 12. The number of imide groups is 2. The molecule has 4 aliphatic heterocycles. The Morgan fingerprint density at radius 3 is 2.02 bits per heavy atom. The molecule has 8 aliphatic rings. The lowest BCUT2D eigenvalue weighted by atomic mass is 9.68. The van der Waals surface area contributed by atoms with E-state index in [1.807, 2.05) is 11.1 Å². The Labute approximate surface area is 348 Å². The van der Waals surface area contributed by atoms with Gasteiger partial charge in [0, 0.05) is 51.7 Å². The molecule has 4 heterocycles. The van der Waals surface area contributed by atoms with Crippen LogP contribution in [0.15, 0.2) is 11.1 Å². The average Bonchev–Trinajstić information content (AvgIpc) is 3.49. The quantitative estimate of drug-likeness (QED) is 0.189. The molecule has 11 nitrogen and oxygen atoms in total. The number of aliphatic hydroxyl groups is 1. The normalized spacial score (nSPS) is 36.2. The molecule has 4 saturated carbocycles. The van der Waals surface area contributed by atoms with Crippen LogP contribution >= 0.6 is 0 Å². The minimum absolute atomic E-state index is 0.0852. The lowest BCUT2D eigenvalue weighted by Gasteiger charge is -2.43.